The van der Waals surface area contributed by atoms with Crippen LogP contribution in [-0.2, 0) is 6.42 Å². The molecule has 0 aromatic heterocycles. The number of benzene rings is 1. The number of hydrogen-bond acceptors (Lipinski definition) is 1. The van der Waals surface area contributed by atoms with Crippen molar-refractivity contribution in [2.75, 3.05) is 0 Å². The van der Waals surface area contributed by atoms with Crippen LogP contribution in [-0.4, -0.2) is 9.52 Å². The van der Waals surface area contributed by atoms with Crippen LogP contribution in [0.4, 0.5) is 0 Å². The van der Waals surface area contributed by atoms with Crippen molar-refractivity contribution in [3.05, 3.63) is 35.4 Å². The minimum Gasteiger partial charge on any atom is -0.292 e. The van der Waals surface area contributed by atoms with Gasteiger partial charge in [-0.25, -0.2) is 0 Å². The highest BCUT2D eigenvalue weighted by Crippen LogP contribution is 2.17. The predicted octanol–water partition coefficient (Wildman–Crippen LogP) is 4.72. The first-order valence-electron chi connectivity index (χ1n) is 5.56. The van der Waals surface area contributed by atoms with Gasteiger partial charge in [-0.3, -0.25) is 4.79 Å². The predicted molar refractivity (Wildman–Crippen MR) is 75.6 cm³/mol. The lowest BCUT2D eigenvalue weighted by molar-refractivity contribution is 0.101. The summed E-state index contributed by atoms with van der Waals surface area (Å²) in [6, 6.07) is 7.90. The maximum atomic E-state index is 11.6. The molecular formula is C13H16Br2O. The Morgan fingerprint density at radius 2 is 1.81 bits per heavy atom. The lowest BCUT2D eigenvalue weighted by atomic mass is 10.0. The number of carbonyl (C=O) groups excluding carboxylic acids is 1. The van der Waals surface area contributed by atoms with E-state index in [1.54, 1.807) is 0 Å². The van der Waals surface area contributed by atoms with Crippen LogP contribution in [0.3, 0.4) is 0 Å². The summed E-state index contributed by atoms with van der Waals surface area (Å²) in [5, 5.41) is 0. The van der Waals surface area contributed by atoms with Gasteiger partial charge in [-0.1, -0.05) is 75.9 Å². The molecule has 1 nitrogen and oxygen atoms in total. The van der Waals surface area contributed by atoms with E-state index in [0.29, 0.717) is 0 Å². The summed E-state index contributed by atoms with van der Waals surface area (Å²) < 4.78 is -0.286. The number of unbranched alkanes of at least 4 members (excludes halogenated alkanes) is 2. The lowest BCUT2D eigenvalue weighted by Crippen LogP contribution is -2.06. The van der Waals surface area contributed by atoms with E-state index < -0.39 is 0 Å². The lowest BCUT2D eigenvalue weighted by Gasteiger charge is -2.04. The van der Waals surface area contributed by atoms with Gasteiger partial charge < -0.3 is 0 Å². The summed E-state index contributed by atoms with van der Waals surface area (Å²) >= 11 is 6.43. The largest absolute Gasteiger partial charge is 0.292 e. The molecule has 0 saturated carbocycles. The molecule has 0 heterocycles. The molecule has 0 saturated heterocycles. The third-order valence-corrected chi connectivity index (χ3v) is 3.34. The topological polar surface area (TPSA) is 17.1 Å². The number of alkyl halides is 2. The zero-order chi connectivity index (χ0) is 12.0. The molecule has 3 heteroatoms. The molecule has 88 valence electrons. The van der Waals surface area contributed by atoms with Crippen LogP contribution >= 0.6 is 31.9 Å². The average Bonchev–Trinajstić information content (AvgIpc) is 2.29. The molecule has 0 aliphatic rings. The van der Waals surface area contributed by atoms with Crippen molar-refractivity contribution in [1.29, 1.82) is 0 Å². The fourth-order valence-electron chi connectivity index (χ4n) is 1.54. The number of Topliss-reactive ketones (excluding diaryl/α,β-unsaturated/α-hetero) is 1. The molecule has 0 bridgehead atoms. The fourth-order valence-corrected chi connectivity index (χ4v) is 2.07. The van der Waals surface area contributed by atoms with Crippen molar-refractivity contribution >= 4 is 37.6 Å². The van der Waals surface area contributed by atoms with E-state index in [2.05, 4.69) is 38.8 Å². The molecule has 0 atom stereocenters. The summed E-state index contributed by atoms with van der Waals surface area (Å²) in [4.78, 5) is 11.6. The quantitative estimate of drug-likeness (QED) is 0.413. The molecular weight excluding hydrogens is 332 g/mol. The molecule has 0 amide bonds. The highest BCUT2D eigenvalue weighted by atomic mass is 79.9. The second-order valence-electron chi connectivity index (χ2n) is 3.82. The first-order chi connectivity index (χ1) is 7.65. The van der Waals surface area contributed by atoms with E-state index in [4.69, 9.17) is 0 Å². The third kappa shape index (κ3) is 4.38. The van der Waals surface area contributed by atoms with Crippen LogP contribution in [0.25, 0.3) is 0 Å². The highest BCUT2D eigenvalue weighted by Gasteiger charge is 2.12. The van der Waals surface area contributed by atoms with Gasteiger partial charge in [0.1, 0.15) is 3.74 Å². The van der Waals surface area contributed by atoms with Crippen LogP contribution in [0.2, 0.25) is 0 Å². The number of hydrogen-bond donors (Lipinski definition) is 0. The number of aryl methyl sites for hydroxylation is 1. The van der Waals surface area contributed by atoms with E-state index in [1.807, 2.05) is 24.3 Å². The van der Waals surface area contributed by atoms with Gasteiger partial charge in [-0.05, 0) is 18.4 Å². The van der Waals surface area contributed by atoms with Gasteiger partial charge in [0.05, 0.1) is 0 Å². The van der Waals surface area contributed by atoms with Crippen molar-refractivity contribution < 1.29 is 4.79 Å². The Balaban J connectivity index is 2.57. The minimum atomic E-state index is -0.286. The highest BCUT2D eigenvalue weighted by molar-refractivity contribution is 9.25. The molecule has 0 unspecified atom stereocenters. The van der Waals surface area contributed by atoms with Gasteiger partial charge in [0, 0.05) is 5.56 Å². The maximum Gasteiger partial charge on any atom is 0.187 e. The number of halogens is 2. The molecule has 1 rings (SSSR count). The summed E-state index contributed by atoms with van der Waals surface area (Å²) in [6.07, 6.45) is 4.84. The first-order valence-corrected chi connectivity index (χ1v) is 7.39. The first kappa shape index (κ1) is 13.9. The van der Waals surface area contributed by atoms with Crippen LogP contribution in [0.15, 0.2) is 24.3 Å². The SMILES string of the molecule is CCCCCc1ccc(C(=O)C(Br)Br)cc1. The molecule has 1 aromatic rings. The van der Waals surface area contributed by atoms with Gasteiger partial charge >= 0.3 is 0 Å². The molecule has 0 aliphatic heterocycles. The molecule has 0 N–H and O–H groups in total. The van der Waals surface area contributed by atoms with Crippen molar-refractivity contribution in [2.45, 2.75) is 36.3 Å². The van der Waals surface area contributed by atoms with E-state index in [1.165, 1.54) is 24.8 Å². The Morgan fingerprint density at radius 1 is 1.19 bits per heavy atom. The van der Waals surface area contributed by atoms with Gasteiger partial charge in [-0.2, -0.15) is 0 Å². The Bertz CT molecular complexity index is 330. The van der Waals surface area contributed by atoms with E-state index in [9.17, 15) is 4.79 Å². The van der Waals surface area contributed by atoms with Crippen molar-refractivity contribution in [3.8, 4) is 0 Å². The molecule has 0 aliphatic carbocycles. The zero-order valence-corrected chi connectivity index (χ0v) is 12.6. The second-order valence-corrected chi connectivity index (χ2v) is 6.88. The Morgan fingerprint density at radius 3 is 2.31 bits per heavy atom. The standard InChI is InChI=1S/C13H16Br2O/c1-2-3-4-5-10-6-8-11(9-7-10)12(16)13(14)15/h6-9,13H,2-5H2,1H3. The Kier molecular flexibility index (Phi) is 6.29. The minimum absolute atomic E-state index is 0.0695. The molecule has 16 heavy (non-hydrogen) atoms. The van der Waals surface area contributed by atoms with Crippen LogP contribution < -0.4 is 0 Å². The van der Waals surface area contributed by atoms with Crippen LogP contribution in [0, 0.1) is 0 Å². The molecule has 1 aromatic carbocycles. The Labute approximate surface area is 114 Å². The molecule has 0 spiro atoms. The molecule has 0 fully saturated rings. The normalized spacial score (nSPS) is 10.8. The number of rotatable bonds is 6. The smallest absolute Gasteiger partial charge is 0.187 e. The zero-order valence-electron chi connectivity index (χ0n) is 9.38. The second kappa shape index (κ2) is 7.23. The van der Waals surface area contributed by atoms with Crippen molar-refractivity contribution in [3.63, 3.8) is 0 Å². The average molecular weight is 348 g/mol. The van der Waals surface area contributed by atoms with E-state index >= 15 is 0 Å². The van der Waals surface area contributed by atoms with Gasteiger partial charge in [0.2, 0.25) is 0 Å². The summed E-state index contributed by atoms with van der Waals surface area (Å²) in [6.45, 7) is 2.20. The van der Waals surface area contributed by atoms with E-state index in [-0.39, 0.29) is 9.52 Å². The third-order valence-electron chi connectivity index (χ3n) is 2.51. The Hall–Kier alpha value is -0.150. The van der Waals surface area contributed by atoms with E-state index in [0.717, 1.165) is 12.0 Å². The van der Waals surface area contributed by atoms with Crippen molar-refractivity contribution in [1.82, 2.24) is 0 Å². The van der Waals surface area contributed by atoms with Gasteiger partial charge in [0.15, 0.2) is 5.78 Å². The van der Waals surface area contributed by atoms with Gasteiger partial charge in [-0.15, -0.1) is 0 Å². The summed E-state index contributed by atoms with van der Waals surface area (Å²) in [5.41, 5.74) is 2.06. The van der Waals surface area contributed by atoms with Crippen LogP contribution in [0.5, 0.6) is 0 Å². The monoisotopic (exact) mass is 346 g/mol. The molecule has 0 radical (unpaired) electrons. The maximum absolute atomic E-state index is 11.6. The van der Waals surface area contributed by atoms with Gasteiger partial charge in [0.25, 0.3) is 0 Å². The fraction of sp³-hybridized carbons (Fsp3) is 0.462. The summed E-state index contributed by atoms with van der Waals surface area (Å²) in [5.74, 6) is 0.0695. The number of carbonyl (C=O) groups is 1. The number of ketones is 1. The van der Waals surface area contributed by atoms with Crippen LogP contribution in [0.1, 0.15) is 42.1 Å². The van der Waals surface area contributed by atoms with Crippen molar-refractivity contribution in [2.24, 2.45) is 0 Å². The summed E-state index contributed by atoms with van der Waals surface area (Å²) in [7, 11) is 0.